The molecule has 0 radical (unpaired) electrons. The second-order valence-electron chi connectivity index (χ2n) is 9.06. The van der Waals surface area contributed by atoms with Gasteiger partial charge in [0.15, 0.2) is 9.84 Å². The lowest BCUT2D eigenvalue weighted by atomic mass is 9.82. The van der Waals surface area contributed by atoms with Gasteiger partial charge in [-0.15, -0.1) is 11.3 Å². The van der Waals surface area contributed by atoms with Crippen LogP contribution in [-0.4, -0.2) is 72.3 Å². The van der Waals surface area contributed by atoms with Crippen LogP contribution in [0.25, 0.3) is 10.2 Å². The Kier molecular flexibility index (Phi) is 5.35. The van der Waals surface area contributed by atoms with Crippen molar-refractivity contribution in [3.63, 3.8) is 0 Å². The SMILES string of the molecule is O=C(CCCc1nc2ccccc2s1)N1CC2(C1)C(CN1CCCC1)CCS2(=O)=O. The largest absolute Gasteiger partial charge is 0.339 e. The lowest BCUT2D eigenvalue weighted by Crippen LogP contribution is -2.69. The standard InChI is InChI=1S/C22H29N3O3S2/c26-21(9-5-8-20-23-18-6-1-2-7-19(18)29-20)25-15-22(16-25)17(10-13-30(22,27)28)14-24-11-3-4-12-24/h1-2,6-7,17H,3-5,8-16H2. The molecule has 1 aromatic heterocycles. The van der Waals surface area contributed by atoms with Crippen molar-refractivity contribution in [2.24, 2.45) is 5.92 Å². The molecular formula is C22H29N3O3S2. The van der Waals surface area contributed by atoms with E-state index in [1.165, 1.54) is 17.5 Å². The third-order valence-electron chi connectivity index (χ3n) is 7.16. The molecule has 2 aromatic rings. The first kappa shape index (κ1) is 20.4. The Labute approximate surface area is 182 Å². The van der Waals surface area contributed by atoms with Crippen LogP contribution < -0.4 is 0 Å². The summed E-state index contributed by atoms with van der Waals surface area (Å²) in [7, 11) is -3.11. The average Bonchev–Trinajstić information content (AvgIpc) is 3.38. The van der Waals surface area contributed by atoms with Crippen molar-refractivity contribution in [2.75, 3.05) is 38.5 Å². The molecule has 3 aliphatic rings. The van der Waals surface area contributed by atoms with Gasteiger partial charge in [-0.1, -0.05) is 12.1 Å². The number of carbonyl (C=O) groups excluding carboxylic acids is 1. The third-order valence-corrected chi connectivity index (χ3v) is 10.9. The average molecular weight is 448 g/mol. The van der Waals surface area contributed by atoms with Crippen LogP contribution in [0.1, 0.15) is 37.1 Å². The number of benzene rings is 1. The van der Waals surface area contributed by atoms with Crippen LogP contribution in [0.4, 0.5) is 0 Å². The Balaban J connectivity index is 1.16. The smallest absolute Gasteiger partial charge is 0.222 e. The highest BCUT2D eigenvalue weighted by Gasteiger charge is 2.62. The minimum atomic E-state index is -3.11. The number of fused-ring (bicyclic) bond motifs is 1. The number of nitrogens with zero attached hydrogens (tertiary/aromatic N) is 3. The second-order valence-corrected chi connectivity index (χ2v) is 12.6. The predicted molar refractivity (Wildman–Crippen MR) is 119 cm³/mol. The van der Waals surface area contributed by atoms with Crippen molar-refractivity contribution in [2.45, 2.75) is 43.3 Å². The van der Waals surface area contributed by atoms with Gasteiger partial charge in [-0.05, 0) is 63.2 Å². The van der Waals surface area contributed by atoms with E-state index in [0.29, 0.717) is 19.5 Å². The first-order valence-corrected chi connectivity index (χ1v) is 13.5. The number of hydrogen-bond donors (Lipinski definition) is 0. The fourth-order valence-electron chi connectivity index (χ4n) is 5.36. The summed E-state index contributed by atoms with van der Waals surface area (Å²) in [5.41, 5.74) is 1.02. The molecule has 3 fully saturated rings. The molecule has 0 N–H and O–H groups in total. The van der Waals surface area contributed by atoms with Crippen LogP contribution in [0.3, 0.4) is 0 Å². The van der Waals surface area contributed by atoms with Crippen LogP contribution in [0.15, 0.2) is 24.3 Å². The van der Waals surface area contributed by atoms with Crippen molar-refractivity contribution in [1.82, 2.24) is 14.8 Å². The summed E-state index contributed by atoms with van der Waals surface area (Å²) >= 11 is 1.69. The number of likely N-dealkylation sites (tertiary alicyclic amines) is 2. The Morgan fingerprint density at radius 2 is 1.97 bits per heavy atom. The van der Waals surface area contributed by atoms with Crippen molar-refractivity contribution in [3.05, 3.63) is 29.3 Å². The Morgan fingerprint density at radius 1 is 1.20 bits per heavy atom. The van der Waals surface area contributed by atoms with E-state index in [2.05, 4.69) is 16.0 Å². The normalized spacial score (nSPS) is 25.2. The fourth-order valence-corrected chi connectivity index (χ4v) is 8.77. The van der Waals surface area contributed by atoms with E-state index in [9.17, 15) is 13.2 Å². The van der Waals surface area contributed by atoms with Crippen LogP contribution in [0, 0.1) is 5.92 Å². The topological polar surface area (TPSA) is 70.6 Å². The minimum Gasteiger partial charge on any atom is -0.339 e. The van der Waals surface area contributed by atoms with Gasteiger partial charge in [0, 0.05) is 26.1 Å². The number of para-hydroxylation sites is 1. The fraction of sp³-hybridized carbons (Fsp3) is 0.636. The molecule has 1 atom stereocenters. The minimum absolute atomic E-state index is 0.0868. The van der Waals surface area contributed by atoms with Crippen LogP contribution in [0.5, 0.6) is 0 Å². The number of aromatic nitrogens is 1. The Bertz CT molecular complexity index is 1000. The molecule has 0 saturated carbocycles. The molecule has 5 rings (SSSR count). The van der Waals surface area contributed by atoms with Gasteiger partial charge in [-0.25, -0.2) is 13.4 Å². The zero-order chi connectivity index (χ0) is 20.8. The number of aryl methyl sites for hydroxylation is 1. The van der Waals surface area contributed by atoms with Gasteiger partial charge in [0.2, 0.25) is 5.91 Å². The summed E-state index contributed by atoms with van der Waals surface area (Å²) in [6, 6.07) is 8.09. The highest BCUT2D eigenvalue weighted by Crippen LogP contribution is 2.45. The Hall–Kier alpha value is -1.51. The van der Waals surface area contributed by atoms with E-state index < -0.39 is 14.6 Å². The molecule has 3 saturated heterocycles. The van der Waals surface area contributed by atoms with Crippen molar-refractivity contribution >= 4 is 37.3 Å². The van der Waals surface area contributed by atoms with Crippen molar-refractivity contribution in [3.8, 4) is 0 Å². The highest BCUT2D eigenvalue weighted by molar-refractivity contribution is 7.93. The van der Waals surface area contributed by atoms with E-state index in [1.54, 1.807) is 16.2 Å². The summed E-state index contributed by atoms with van der Waals surface area (Å²) in [6.45, 7) is 3.84. The molecule has 3 aliphatic heterocycles. The number of rotatable bonds is 6. The summed E-state index contributed by atoms with van der Waals surface area (Å²) in [6.07, 6.45) is 5.19. The van der Waals surface area contributed by atoms with Gasteiger partial charge < -0.3 is 9.80 Å². The molecule has 1 amide bonds. The van der Waals surface area contributed by atoms with Gasteiger partial charge in [0.05, 0.1) is 21.0 Å². The van der Waals surface area contributed by atoms with E-state index >= 15 is 0 Å². The summed E-state index contributed by atoms with van der Waals surface area (Å²) in [5.74, 6) is 0.543. The first-order valence-electron chi connectivity index (χ1n) is 11.0. The predicted octanol–water partition coefficient (Wildman–Crippen LogP) is 2.73. The van der Waals surface area contributed by atoms with Gasteiger partial charge in [-0.3, -0.25) is 4.79 Å². The zero-order valence-corrected chi connectivity index (χ0v) is 18.9. The van der Waals surface area contributed by atoms with E-state index in [-0.39, 0.29) is 17.6 Å². The van der Waals surface area contributed by atoms with Gasteiger partial charge >= 0.3 is 0 Å². The van der Waals surface area contributed by atoms with Gasteiger partial charge in [0.1, 0.15) is 4.75 Å². The van der Waals surface area contributed by atoms with E-state index in [4.69, 9.17) is 0 Å². The molecule has 30 heavy (non-hydrogen) atoms. The van der Waals surface area contributed by atoms with Crippen LogP contribution >= 0.6 is 11.3 Å². The Morgan fingerprint density at radius 3 is 2.73 bits per heavy atom. The molecule has 6 nitrogen and oxygen atoms in total. The van der Waals surface area contributed by atoms with Gasteiger partial charge in [-0.2, -0.15) is 0 Å². The molecule has 0 aliphatic carbocycles. The number of carbonyl (C=O) groups is 1. The maximum Gasteiger partial charge on any atom is 0.222 e. The molecular weight excluding hydrogens is 418 g/mol. The van der Waals surface area contributed by atoms with Crippen LogP contribution in [0.2, 0.25) is 0 Å². The van der Waals surface area contributed by atoms with E-state index in [0.717, 1.165) is 49.4 Å². The number of amides is 1. The quantitative estimate of drug-likeness (QED) is 0.681. The lowest BCUT2D eigenvalue weighted by Gasteiger charge is -2.50. The van der Waals surface area contributed by atoms with Gasteiger partial charge in [0.25, 0.3) is 0 Å². The maximum absolute atomic E-state index is 12.8. The second kappa shape index (κ2) is 7.88. The molecule has 1 spiro atoms. The molecule has 1 aromatic carbocycles. The highest BCUT2D eigenvalue weighted by atomic mass is 32.2. The number of hydrogen-bond acceptors (Lipinski definition) is 6. The summed E-state index contributed by atoms with van der Waals surface area (Å²) in [5, 5.41) is 1.06. The number of sulfone groups is 1. The van der Waals surface area contributed by atoms with Crippen molar-refractivity contribution < 1.29 is 13.2 Å². The molecule has 4 heterocycles. The summed E-state index contributed by atoms with van der Waals surface area (Å²) < 4.78 is 26.2. The van der Waals surface area contributed by atoms with Crippen LogP contribution in [-0.2, 0) is 21.1 Å². The molecule has 0 bridgehead atoms. The number of thiazole rings is 1. The molecule has 1 unspecified atom stereocenters. The molecule has 8 heteroatoms. The van der Waals surface area contributed by atoms with E-state index in [1.807, 2.05) is 18.2 Å². The molecule has 162 valence electrons. The third kappa shape index (κ3) is 3.56. The monoisotopic (exact) mass is 447 g/mol. The lowest BCUT2D eigenvalue weighted by molar-refractivity contribution is -0.137. The summed E-state index contributed by atoms with van der Waals surface area (Å²) in [4.78, 5) is 21.5. The zero-order valence-electron chi connectivity index (χ0n) is 17.3. The first-order chi connectivity index (χ1) is 14.5. The maximum atomic E-state index is 12.8. The van der Waals surface area contributed by atoms with Crippen molar-refractivity contribution in [1.29, 1.82) is 0 Å².